The Balaban J connectivity index is 2.25. The number of carbonyl (C=O) groups is 2. The molecule has 0 spiro atoms. The Hall–Kier alpha value is -2.96. The quantitative estimate of drug-likeness (QED) is 0.857. The molecule has 0 atom stereocenters. The van der Waals surface area contributed by atoms with Gasteiger partial charge < -0.3 is 14.8 Å². The van der Waals surface area contributed by atoms with Gasteiger partial charge in [-0.05, 0) is 12.1 Å². The summed E-state index contributed by atoms with van der Waals surface area (Å²) in [6.07, 6.45) is 1.22. The van der Waals surface area contributed by atoms with Crippen molar-refractivity contribution in [1.82, 2.24) is 9.97 Å². The molecule has 7 nitrogen and oxygen atoms in total. The van der Waals surface area contributed by atoms with Crippen LogP contribution in [0.15, 0.2) is 36.7 Å². The Kier molecular flexibility index (Phi) is 4.45. The Bertz CT molecular complexity index is 673. The maximum atomic E-state index is 12.1. The molecule has 0 radical (unpaired) electrons. The first-order chi connectivity index (χ1) is 10.2. The van der Waals surface area contributed by atoms with Gasteiger partial charge in [0.15, 0.2) is 0 Å². The van der Waals surface area contributed by atoms with Gasteiger partial charge in [0.25, 0.3) is 5.91 Å². The molecular weight excluding hydrogens is 274 g/mol. The van der Waals surface area contributed by atoms with E-state index in [2.05, 4.69) is 20.0 Å². The number of methoxy groups -OCH3 is 2. The number of amides is 1. The van der Waals surface area contributed by atoms with Gasteiger partial charge >= 0.3 is 5.97 Å². The van der Waals surface area contributed by atoms with Gasteiger partial charge in [-0.1, -0.05) is 12.1 Å². The summed E-state index contributed by atoms with van der Waals surface area (Å²) in [7, 11) is 2.72. The first-order valence-corrected chi connectivity index (χ1v) is 6.00. The van der Waals surface area contributed by atoms with E-state index >= 15 is 0 Å². The minimum atomic E-state index is -0.536. The summed E-state index contributed by atoms with van der Waals surface area (Å²) in [5, 5.41) is 2.61. The number of ether oxygens (including phenoxy) is 2. The number of anilines is 1. The second kappa shape index (κ2) is 6.47. The van der Waals surface area contributed by atoms with Crippen LogP contribution in [0.2, 0.25) is 0 Å². The van der Waals surface area contributed by atoms with Crippen molar-refractivity contribution >= 4 is 17.6 Å². The highest BCUT2D eigenvalue weighted by molar-refractivity contribution is 6.07. The first kappa shape index (κ1) is 14.4. The zero-order chi connectivity index (χ0) is 15.2. The van der Waals surface area contributed by atoms with Gasteiger partial charge in [-0.2, -0.15) is 0 Å². The molecular formula is C14H13N3O4. The average Bonchev–Trinajstić information content (AvgIpc) is 2.54. The van der Waals surface area contributed by atoms with Gasteiger partial charge in [0.05, 0.1) is 25.5 Å². The number of carbonyl (C=O) groups excluding carboxylic acids is 2. The van der Waals surface area contributed by atoms with Gasteiger partial charge in [-0.3, -0.25) is 4.79 Å². The van der Waals surface area contributed by atoms with E-state index in [0.29, 0.717) is 5.69 Å². The second-order valence-corrected chi connectivity index (χ2v) is 3.94. The lowest BCUT2D eigenvalue weighted by Gasteiger charge is -2.09. The fraction of sp³-hybridized carbons (Fsp3) is 0.143. The molecule has 1 amide bonds. The van der Waals surface area contributed by atoms with Gasteiger partial charge in [-0.25, -0.2) is 14.8 Å². The number of para-hydroxylation sites is 1. The topological polar surface area (TPSA) is 90.4 Å². The van der Waals surface area contributed by atoms with E-state index in [1.54, 1.807) is 24.3 Å². The lowest BCUT2D eigenvalue weighted by Crippen LogP contribution is -2.16. The van der Waals surface area contributed by atoms with Crippen LogP contribution < -0.4 is 10.1 Å². The van der Waals surface area contributed by atoms with Crippen molar-refractivity contribution in [3.63, 3.8) is 0 Å². The van der Waals surface area contributed by atoms with Crippen molar-refractivity contribution in [1.29, 1.82) is 0 Å². The van der Waals surface area contributed by atoms with Gasteiger partial charge in [0, 0.05) is 6.07 Å². The molecule has 0 aliphatic rings. The Labute approximate surface area is 120 Å². The number of rotatable bonds is 4. The van der Waals surface area contributed by atoms with Crippen molar-refractivity contribution in [2.45, 2.75) is 0 Å². The number of benzene rings is 1. The zero-order valence-electron chi connectivity index (χ0n) is 11.5. The molecule has 1 heterocycles. The standard InChI is InChI=1S/C14H13N3O4/c1-20-12-7-11(15-8-16-12)13(18)17-10-6-4-3-5-9(10)14(19)21-2/h3-8H,1-2H3,(H,17,18). The molecule has 21 heavy (non-hydrogen) atoms. The lowest BCUT2D eigenvalue weighted by molar-refractivity contribution is 0.0602. The van der Waals surface area contributed by atoms with Crippen LogP contribution in [0.25, 0.3) is 0 Å². The molecule has 0 aliphatic carbocycles. The monoisotopic (exact) mass is 287 g/mol. The SMILES string of the molecule is COC(=O)c1ccccc1NC(=O)c1cc(OC)ncn1. The van der Waals surface area contributed by atoms with Crippen molar-refractivity contribution in [3.05, 3.63) is 47.9 Å². The summed E-state index contributed by atoms with van der Waals surface area (Å²) in [4.78, 5) is 31.4. The van der Waals surface area contributed by atoms with Crippen molar-refractivity contribution < 1.29 is 19.1 Å². The highest BCUT2D eigenvalue weighted by atomic mass is 16.5. The van der Waals surface area contributed by atoms with Gasteiger partial charge in [-0.15, -0.1) is 0 Å². The largest absolute Gasteiger partial charge is 0.481 e. The summed E-state index contributed by atoms with van der Waals surface area (Å²) >= 11 is 0. The summed E-state index contributed by atoms with van der Waals surface area (Å²) in [5.74, 6) is -0.741. The predicted octanol–water partition coefficient (Wildman–Crippen LogP) is 1.52. The molecule has 2 aromatic rings. The highest BCUT2D eigenvalue weighted by Crippen LogP contribution is 2.17. The third-order valence-corrected chi connectivity index (χ3v) is 2.66. The molecule has 1 aromatic heterocycles. The number of hydrogen-bond acceptors (Lipinski definition) is 6. The third-order valence-electron chi connectivity index (χ3n) is 2.66. The number of nitrogens with one attached hydrogen (secondary N) is 1. The average molecular weight is 287 g/mol. The van der Waals surface area contributed by atoms with Crippen LogP contribution >= 0.6 is 0 Å². The Morgan fingerprint density at radius 1 is 1.14 bits per heavy atom. The highest BCUT2D eigenvalue weighted by Gasteiger charge is 2.15. The second-order valence-electron chi connectivity index (χ2n) is 3.94. The van der Waals surface area contributed by atoms with E-state index in [1.807, 2.05) is 0 Å². The van der Waals surface area contributed by atoms with Crippen LogP contribution in [-0.4, -0.2) is 36.1 Å². The van der Waals surface area contributed by atoms with Crippen LogP contribution in [0.4, 0.5) is 5.69 Å². The molecule has 2 rings (SSSR count). The van der Waals surface area contributed by atoms with Crippen LogP contribution in [0, 0.1) is 0 Å². The van der Waals surface area contributed by atoms with E-state index in [9.17, 15) is 9.59 Å². The van der Waals surface area contributed by atoms with Crippen molar-refractivity contribution in [3.8, 4) is 5.88 Å². The molecule has 108 valence electrons. The fourth-order valence-corrected chi connectivity index (χ4v) is 1.64. The zero-order valence-corrected chi connectivity index (χ0v) is 11.5. The van der Waals surface area contributed by atoms with Crippen LogP contribution in [0.5, 0.6) is 5.88 Å². The first-order valence-electron chi connectivity index (χ1n) is 6.00. The molecule has 0 fully saturated rings. The van der Waals surface area contributed by atoms with E-state index in [0.717, 1.165) is 0 Å². The van der Waals surface area contributed by atoms with E-state index in [-0.39, 0.29) is 17.1 Å². The van der Waals surface area contributed by atoms with Crippen LogP contribution in [-0.2, 0) is 4.74 Å². The van der Waals surface area contributed by atoms with E-state index in [1.165, 1.54) is 26.6 Å². The van der Waals surface area contributed by atoms with Crippen molar-refractivity contribution in [2.75, 3.05) is 19.5 Å². The third kappa shape index (κ3) is 3.33. The maximum absolute atomic E-state index is 12.1. The summed E-state index contributed by atoms with van der Waals surface area (Å²) in [6, 6.07) is 7.93. The number of esters is 1. The molecule has 0 saturated heterocycles. The molecule has 0 aliphatic heterocycles. The smallest absolute Gasteiger partial charge is 0.339 e. The van der Waals surface area contributed by atoms with Crippen molar-refractivity contribution in [2.24, 2.45) is 0 Å². The molecule has 0 saturated carbocycles. The summed E-state index contributed by atoms with van der Waals surface area (Å²) in [6.45, 7) is 0. The lowest BCUT2D eigenvalue weighted by atomic mass is 10.1. The fourth-order valence-electron chi connectivity index (χ4n) is 1.64. The summed E-state index contributed by atoms with van der Waals surface area (Å²) < 4.78 is 9.59. The Morgan fingerprint density at radius 3 is 2.62 bits per heavy atom. The Morgan fingerprint density at radius 2 is 1.90 bits per heavy atom. The molecule has 1 aromatic carbocycles. The minimum absolute atomic E-state index is 0.126. The predicted molar refractivity (Wildman–Crippen MR) is 74.3 cm³/mol. The molecule has 0 unspecified atom stereocenters. The minimum Gasteiger partial charge on any atom is -0.481 e. The maximum Gasteiger partial charge on any atom is 0.339 e. The normalized spacial score (nSPS) is 9.81. The molecule has 0 bridgehead atoms. The van der Waals surface area contributed by atoms with E-state index < -0.39 is 11.9 Å². The number of nitrogens with zero attached hydrogens (tertiary/aromatic N) is 2. The molecule has 1 N–H and O–H groups in total. The number of aromatic nitrogens is 2. The summed E-state index contributed by atoms with van der Waals surface area (Å²) in [5.41, 5.74) is 0.725. The van der Waals surface area contributed by atoms with Gasteiger partial charge in [0.1, 0.15) is 12.0 Å². The van der Waals surface area contributed by atoms with Crippen LogP contribution in [0.3, 0.4) is 0 Å². The van der Waals surface area contributed by atoms with Crippen LogP contribution in [0.1, 0.15) is 20.8 Å². The van der Waals surface area contributed by atoms with E-state index in [4.69, 9.17) is 4.74 Å². The van der Waals surface area contributed by atoms with Gasteiger partial charge in [0.2, 0.25) is 5.88 Å². The number of hydrogen-bond donors (Lipinski definition) is 1. The molecule has 7 heteroatoms.